The second-order valence-electron chi connectivity index (χ2n) is 5.43. The van der Waals surface area contributed by atoms with Crippen molar-refractivity contribution < 1.29 is 0 Å². The Labute approximate surface area is 118 Å². The average Bonchev–Trinajstić information content (AvgIpc) is 3.26. The van der Waals surface area contributed by atoms with Gasteiger partial charge in [0.2, 0.25) is 0 Å². The highest BCUT2D eigenvalue weighted by Gasteiger charge is 2.27. The Bertz CT molecular complexity index is 777. The fourth-order valence-electron chi connectivity index (χ4n) is 2.69. The van der Waals surface area contributed by atoms with E-state index < -0.39 is 0 Å². The van der Waals surface area contributed by atoms with Crippen LogP contribution >= 0.6 is 0 Å². The molecule has 1 fully saturated rings. The van der Waals surface area contributed by atoms with Crippen LogP contribution in [0.15, 0.2) is 35.3 Å². The molecule has 20 heavy (non-hydrogen) atoms. The Morgan fingerprint density at radius 2 is 1.90 bits per heavy atom. The van der Waals surface area contributed by atoms with Crippen molar-refractivity contribution in [2.75, 3.05) is 0 Å². The topological polar surface area (TPSA) is 45.8 Å². The number of hydrogen-bond donors (Lipinski definition) is 0. The average molecular weight is 264 g/mol. The van der Waals surface area contributed by atoms with Crippen LogP contribution in [-0.2, 0) is 0 Å². The number of rotatable bonds is 2. The van der Waals surface area contributed by atoms with Gasteiger partial charge in [-0.05, 0) is 43.4 Å². The molecule has 0 aliphatic heterocycles. The van der Waals surface area contributed by atoms with Crippen molar-refractivity contribution in [2.24, 2.45) is 0 Å². The minimum Gasteiger partial charge on any atom is -0.311 e. The Hall–Kier alpha value is -2.34. The van der Waals surface area contributed by atoms with Crippen molar-refractivity contribution in [3.8, 4) is 17.2 Å². The van der Waals surface area contributed by atoms with Gasteiger partial charge in [-0.1, -0.05) is 24.3 Å². The van der Waals surface area contributed by atoms with E-state index >= 15 is 0 Å². The molecule has 3 nitrogen and oxygen atoms in total. The van der Waals surface area contributed by atoms with Gasteiger partial charge in [0, 0.05) is 17.8 Å². The molecule has 0 radical (unpaired) electrons. The van der Waals surface area contributed by atoms with Gasteiger partial charge in [0.25, 0.3) is 5.56 Å². The highest BCUT2D eigenvalue weighted by Crippen LogP contribution is 2.35. The smallest absolute Gasteiger partial charge is 0.269 e. The Kier molecular flexibility index (Phi) is 2.94. The Balaban J connectivity index is 2.32. The van der Waals surface area contributed by atoms with Crippen LogP contribution in [0.2, 0.25) is 0 Å². The molecule has 1 aromatic carbocycles. The first kappa shape index (κ1) is 12.7. The van der Waals surface area contributed by atoms with Crippen molar-refractivity contribution in [3.05, 3.63) is 57.5 Å². The molecule has 1 saturated carbocycles. The molecule has 0 bridgehead atoms. The summed E-state index contributed by atoms with van der Waals surface area (Å²) in [5.41, 5.74) is 3.94. The number of nitriles is 1. The summed E-state index contributed by atoms with van der Waals surface area (Å²) in [6.07, 6.45) is 3.98. The third-order valence-corrected chi connectivity index (χ3v) is 3.89. The first-order valence-corrected chi connectivity index (χ1v) is 6.85. The van der Waals surface area contributed by atoms with Crippen LogP contribution in [0, 0.1) is 25.2 Å². The van der Waals surface area contributed by atoms with Gasteiger partial charge in [0.1, 0.15) is 11.6 Å². The summed E-state index contributed by atoms with van der Waals surface area (Å²) in [7, 11) is 0. The largest absolute Gasteiger partial charge is 0.311 e. The van der Waals surface area contributed by atoms with Gasteiger partial charge in [-0.3, -0.25) is 4.79 Å². The zero-order valence-corrected chi connectivity index (χ0v) is 11.7. The standard InChI is InChI=1S/C17H16N2O/c1-11-5-3-4-6-14(11)16-12(2)10-19(13-7-8-13)17(20)15(16)9-18/h3-6,10,13H,7-8H2,1-2H3. The number of aryl methyl sites for hydroxylation is 2. The summed E-state index contributed by atoms with van der Waals surface area (Å²) in [5, 5.41) is 9.44. The predicted octanol–water partition coefficient (Wildman–Crippen LogP) is 3.34. The summed E-state index contributed by atoms with van der Waals surface area (Å²) in [6.45, 7) is 3.98. The van der Waals surface area contributed by atoms with Crippen molar-refractivity contribution >= 4 is 0 Å². The van der Waals surface area contributed by atoms with E-state index in [0.29, 0.717) is 6.04 Å². The Morgan fingerprint density at radius 3 is 2.50 bits per heavy atom. The molecular formula is C17H16N2O. The quantitative estimate of drug-likeness (QED) is 0.835. The van der Waals surface area contributed by atoms with E-state index in [1.165, 1.54) is 0 Å². The van der Waals surface area contributed by atoms with Crippen LogP contribution in [-0.4, -0.2) is 4.57 Å². The summed E-state index contributed by atoms with van der Waals surface area (Å²) in [5.74, 6) is 0. The fraction of sp³-hybridized carbons (Fsp3) is 0.294. The molecule has 1 aliphatic rings. The lowest BCUT2D eigenvalue weighted by atomic mass is 9.94. The third kappa shape index (κ3) is 1.94. The lowest BCUT2D eigenvalue weighted by molar-refractivity contribution is 0.701. The van der Waals surface area contributed by atoms with Gasteiger partial charge in [-0.25, -0.2) is 0 Å². The molecule has 0 saturated heterocycles. The molecule has 2 aromatic rings. The van der Waals surface area contributed by atoms with E-state index in [0.717, 1.165) is 35.1 Å². The van der Waals surface area contributed by atoms with Crippen molar-refractivity contribution in [3.63, 3.8) is 0 Å². The second kappa shape index (κ2) is 4.64. The highest BCUT2D eigenvalue weighted by atomic mass is 16.1. The number of aromatic nitrogens is 1. The summed E-state index contributed by atoms with van der Waals surface area (Å²) in [6, 6.07) is 10.3. The van der Waals surface area contributed by atoms with Crippen LogP contribution in [0.1, 0.15) is 35.6 Å². The first-order valence-electron chi connectivity index (χ1n) is 6.85. The van der Waals surface area contributed by atoms with Gasteiger partial charge in [-0.2, -0.15) is 5.26 Å². The van der Waals surface area contributed by atoms with Crippen LogP contribution < -0.4 is 5.56 Å². The zero-order chi connectivity index (χ0) is 14.3. The first-order chi connectivity index (χ1) is 9.63. The minimum atomic E-state index is -0.154. The molecule has 3 heteroatoms. The van der Waals surface area contributed by atoms with Crippen LogP contribution in [0.3, 0.4) is 0 Å². The second-order valence-corrected chi connectivity index (χ2v) is 5.43. The Morgan fingerprint density at radius 1 is 1.20 bits per heavy atom. The van der Waals surface area contributed by atoms with E-state index in [1.807, 2.05) is 44.3 Å². The molecular weight excluding hydrogens is 248 g/mol. The normalized spacial score (nSPS) is 14.1. The molecule has 0 N–H and O–H groups in total. The van der Waals surface area contributed by atoms with Crippen LogP contribution in [0.5, 0.6) is 0 Å². The maximum atomic E-state index is 12.5. The molecule has 0 unspecified atom stereocenters. The molecule has 1 heterocycles. The lowest BCUT2D eigenvalue weighted by Crippen LogP contribution is -2.23. The lowest BCUT2D eigenvalue weighted by Gasteiger charge is -2.14. The monoisotopic (exact) mass is 264 g/mol. The van der Waals surface area contributed by atoms with Crippen molar-refractivity contribution in [1.82, 2.24) is 4.57 Å². The fourth-order valence-corrected chi connectivity index (χ4v) is 2.69. The van der Waals surface area contributed by atoms with Gasteiger partial charge in [-0.15, -0.1) is 0 Å². The van der Waals surface area contributed by atoms with Gasteiger partial charge < -0.3 is 4.57 Å². The minimum absolute atomic E-state index is 0.154. The molecule has 0 atom stereocenters. The third-order valence-electron chi connectivity index (χ3n) is 3.89. The molecule has 1 aliphatic carbocycles. The van der Waals surface area contributed by atoms with Crippen molar-refractivity contribution in [1.29, 1.82) is 5.26 Å². The molecule has 100 valence electrons. The van der Waals surface area contributed by atoms with Gasteiger partial charge >= 0.3 is 0 Å². The SMILES string of the molecule is Cc1ccccc1-c1c(C)cn(C2CC2)c(=O)c1C#N. The highest BCUT2D eigenvalue weighted by molar-refractivity contribution is 5.75. The van der Waals surface area contributed by atoms with E-state index in [9.17, 15) is 10.1 Å². The van der Waals surface area contributed by atoms with Crippen molar-refractivity contribution in [2.45, 2.75) is 32.7 Å². The maximum absolute atomic E-state index is 12.5. The van der Waals surface area contributed by atoms with E-state index in [1.54, 1.807) is 4.57 Å². The van der Waals surface area contributed by atoms with Gasteiger partial charge in [0.15, 0.2) is 0 Å². The van der Waals surface area contributed by atoms with Gasteiger partial charge in [0.05, 0.1) is 0 Å². The predicted molar refractivity (Wildman–Crippen MR) is 78.6 cm³/mol. The van der Waals surface area contributed by atoms with E-state index in [-0.39, 0.29) is 11.1 Å². The van der Waals surface area contributed by atoms with Crippen LogP contribution in [0.4, 0.5) is 0 Å². The molecule has 0 spiro atoms. The molecule has 0 amide bonds. The molecule has 1 aromatic heterocycles. The maximum Gasteiger partial charge on any atom is 0.269 e. The molecule has 3 rings (SSSR count). The summed E-state index contributed by atoms with van der Waals surface area (Å²) >= 11 is 0. The summed E-state index contributed by atoms with van der Waals surface area (Å²) in [4.78, 5) is 12.5. The van der Waals surface area contributed by atoms with Crippen LogP contribution in [0.25, 0.3) is 11.1 Å². The summed E-state index contributed by atoms with van der Waals surface area (Å²) < 4.78 is 1.73. The number of hydrogen-bond acceptors (Lipinski definition) is 2. The van der Waals surface area contributed by atoms with E-state index in [4.69, 9.17) is 0 Å². The number of nitrogens with zero attached hydrogens (tertiary/aromatic N) is 2. The van der Waals surface area contributed by atoms with E-state index in [2.05, 4.69) is 6.07 Å². The number of benzene rings is 1. The zero-order valence-electron chi connectivity index (χ0n) is 11.7. The number of pyridine rings is 1.